The molecule has 0 aliphatic carbocycles. The largest absolute Gasteiger partial charge is 0.469 e. The second kappa shape index (κ2) is 11.7. The molecule has 8 nitrogen and oxygen atoms in total. The Morgan fingerprint density at radius 3 is 2.66 bits per heavy atom. The fourth-order valence-electron chi connectivity index (χ4n) is 4.07. The summed E-state index contributed by atoms with van der Waals surface area (Å²) in [6.45, 7) is 9.03. The molecule has 0 saturated carbocycles. The number of likely N-dealkylation sites (N-methyl/N-ethyl adjacent to an activating group) is 1. The quantitative estimate of drug-likeness (QED) is 0.516. The third-order valence-electron chi connectivity index (χ3n) is 5.80. The van der Waals surface area contributed by atoms with Gasteiger partial charge in [0.05, 0.1) is 62.2 Å². The molecular formula is C24H34N4O4. The molecule has 1 aliphatic heterocycles. The summed E-state index contributed by atoms with van der Waals surface area (Å²) in [6, 6.07) is 7.07. The first-order valence-electron chi connectivity index (χ1n) is 11.4. The highest BCUT2D eigenvalue weighted by Gasteiger charge is 2.25. The minimum atomic E-state index is -0.200. The van der Waals surface area contributed by atoms with E-state index in [1.54, 1.807) is 12.4 Å². The SMILES string of the molecule is CCOc1ncc(Nc2cc(C(CC)CC(=O)OC)ccc2N(CC)C2CCOC2)cn1. The molecule has 1 fully saturated rings. The average molecular weight is 443 g/mol. The number of anilines is 3. The van der Waals surface area contributed by atoms with Crippen molar-refractivity contribution in [3.63, 3.8) is 0 Å². The number of esters is 1. The monoisotopic (exact) mass is 442 g/mol. The van der Waals surface area contributed by atoms with Crippen LogP contribution in [-0.2, 0) is 14.3 Å². The third-order valence-corrected chi connectivity index (χ3v) is 5.80. The van der Waals surface area contributed by atoms with Gasteiger partial charge in [-0.15, -0.1) is 0 Å². The molecule has 0 radical (unpaired) electrons. The van der Waals surface area contributed by atoms with Crippen molar-refractivity contribution in [1.29, 1.82) is 0 Å². The number of ether oxygens (including phenoxy) is 3. The number of nitrogens with one attached hydrogen (secondary N) is 1. The standard InChI is InChI=1S/C24H34N4O4/c1-5-17(13-23(29)30-4)18-8-9-22(28(6-2)20-10-11-31-16-20)21(12-18)27-19-14-25-24(26-15-19)32-7-3/h8-9,12,14-15,17,20,27H,5-7,10-11,13,16H2,1-4H3. The van der Waals surface area contributed by atoms with Gasteiger partial charge in [0.2, 0.25) is 0 Å². The number of methoxy groups -OCH3 is 1. The molecule has 0 spiro atoms. The maximum Gasteiger partial charge on any atom is 0.316 e. The molecule has 1 aromatic carbocycles. The molecule has 174 valence electrons. The molecule has 8 heteroatoms. The van der Waals surface area contributed by atoms with E-state index in [0.717, 1.165) is 55.2 Å². The van der Waals surface area contributed by atoms with Crippen LogP contribution in [0.2, 0.25) is 0 Å². The van der Waals surface area contributed by atoms with Crippen molar-refractivity contribution < 1.29 is 19.0 Å². The Morgan fingerprint density at radius 2 is 2.06 bits per heavy atom. The number of nitrogens with zero attached hydrogens (tertiary/aromatic N) is 3. The molecule has 0 bridgehead atoms. The Labute approximate surface area is 190 Å². The van der Waals surface area contributed by atoms with Crippen molar-refractivity contribution in [2.75, 3.05) is 43.7 Å². The van der Waals surface area contributed by atoms with Crippen LogP contribution in [0, 0.1) is 0 Å². The Morgan fingerprint density at radius 1 is 1.28 bits per heavy atom. The van der Waals surface area contributed by atoms with E-state index < -0.39 is 0 Å². The van der Waals surface area contributed by atoms with Crippen LogP contribution in [0.1, 0.15) is 51.5 Å². The molecule has 1 N–H and O–H groups in total. The van der Waals surface area contributed by atoms with Gasteiger partial charge in [-0.3, -0.25) is 4.79 Å². The van der Waals surface area contributed by atoms with Crippen molar-refractivity contribution in [3.05, 3.63) is 36.2 Å². The van der Waals surface area contributed by atoms with E-state index in [0.29, 0.717) is 25.1 Å². The summed E-state index contributed by atoms with van der Waals surface area (Å²) in [6.07, 6.45) is 5.63. The number of rotatable bonds is 11. The van der Waals surface area contributed by atoms with Crippen molar-refractivity contribution in [2.45, 2.75) is 52.0 Å². The lowest BCUT2D eigenvalue weighted by Crippen LogP contribution is -2.36. The average Bonchev–Trinajstić information content (AvgIpc) is 3.34. The van der Waals surface area contributed by atoms with Gasteiger partial charge in [-0.05, 0) is 50.3 Å². The number of hydrogen-bond donors (Lipinski definition) is 1. The molecule has 1 saturated heterocycles. The van der Waals surface area contributed by atoms with Gasteiger partial charge in [-0.1, -0.05) is 13.0 Å². The van der Waals surface area contributed by atoms with Crippen molar-refractivity contribution in [3.8, 4) is 6.01 Å². The van der Waals surface area contributed by atoms with E-state index in [9.17, 15) is 4.79 Å². The van der Waals surface area contributed by atoms with Crippen LogP contribution in [-0.4, -0.2) is 55.5 Å². The smallest absolute Gasteiger partial charge is 0.316 e. The minimum Gasteiger partial charge on any atom is -0.469 e. The van der Waals surface area contributed by atoms with Crippen LogP contribution in [0.4, 0.5) is 17.1 Å². The van der Waals surface area contributed by atoms with Crippen LogP contribution in [0.15, 0.2) is 30.6 Å². The van der Waals surface area contributed by atoms with Gasteiger partial charge in [0, 0.05) is 13.2 Å². The van der Waals surface area contributed by atoms with E-state index in [1.807, 2.05) is 6.92 Å². The lowest BCUT2D eigenvalue weighted by molar-refractivity contribution is -0.141. The highest BCUT2D eigenvalue weighted by Crippen LogP contribution is 2.36. The second-order valence-corrected chi connectivity index (χ2v) is 7.78. The van der Waals surface area contributed by atoms with E-state index in [1.165, 1.54) is 7.11 Å². The molecule has 0 amide bonds. The topological polar surface area (TPSA) is 85.8 Å². The normalized spacial score (nSPS) is 16.4. The number of benzene rings is 1. The fourth-order valence-corrected chi connectivity index (χ4v) is 4.07. The van der Waals surface area contributed by atoms with Gasteiger partial charge < -0.3 is 24.4 Å². The van der Waals surface area contributed by atoms with Gasteiger partial charge in [-0.25, -0.2) is 9.97 Å². The first kappa shape index (κ1) is 23.8. The predicted octanol–water partition coefficient (Wildman–Crippen LogP) is 4.29. The van der Waals surface area contributed by atoms with Gasteiger partial charge in [0.25, 0.3) is 0 Å². The van der Waals surface area contributed by atoms with Crippen molar-refractivity contribution in [2.24, 2.45) is 0 Å². The Kier molecular flexibility index (Phi) is 8.67. The summed E-state index contributed by atoms with van der Waals surface area (Å²) in [5, 5.41) is 3.49. The lowest BCUT2D eigenvalue weighted by atomic mass is 9.92. The summed E-state index contributed by atoms with van der Waals surface area (Å²) in [4.78, 5) is 22.8. The number of aromatic nitrogens is 2. The van der Waals surface area contributed by atoms with E-state index in [-0.39, 0.29) is 11.9 Å². The zero-order chi connectivity index (χ0) is 22.9. The lowest BCUT2D eigenvalue weighted by Gasteiger charge is -2.31. The third kappa shape index (κ3) is 5.88. The zero-order valence-electron chi connectivity index (χ0n) is 19.5. The highest BCUT2D eigenvalue weighted by molar-refractivity contribution is 5.77. The van der Waals surface area contributed by atoms with Crippen LogP contribution in [0.25, 0.3) is 0 Å². The first-order valence-corrected chi connectivity index (χ1v) is 11.4. The van der Waals surface area contributed by atoms with Crippen LogP contribution in [0.5, 0.6) is 6.01 Å². The number of hydrogen-bond acceptors (Lipinski definition) is 8. The van der Waals surface area contributed by atoms with Crippen LogP contribution >= 0.6 is 0 Å². The van der Waals surface area contributed by atoms with E-state index >= 15 is 0 Å². The number of carbonyl (C=O) groups is 1. The predicted molar refractivity (Wildman–Crippen MR) is 125 cm³/mol. The number of carbonyl (C=O) groups excluding carboxylic acids is 1. The van der Waals surface area contributed by atoms with Gasteiger partial charge in [0.1, 0.15) is 0 Å². The highest BCUT2D eigenvalue weighted by atomic mass is 16.5. The Balaban J connectivity index is 1.95. The molecular weight excluding hydrogens is 408 g/mol. The van der Waals surface area contributed by atoms with E-state index in [2.05, 4.69) is 52.2 Å². The van der Waals surface area contributed by atoms with Gasteiger partial charge in [-0.2, -0.15) is 0 Å². The summed E-state index contributed by atoms with van der Waals surface area (Å²) in [7, 11) is 1.43. The molecule has 2 atom stereocenters. The molecule has 2 unspecified atom stereocenters. The summed E-state index contributed by atoms with van der Waals surface area (Å²) >= 11 is 0. The zero-order valence-corrected chi connectivity index (χ0v) is 19.5. The Hall–Kier alpha value is -2.87. The van der Waals surface area contributed by atoms with Crippen molar-refractivity contribution in [1.82, 2.24) is 9.97 Å². The molecule has 2 heterocycles. The minimum absolute atomic E-state index is 0.0820. The first-order chi connectivity index (χ1) is 15.6. The molecule has 1 aromatic heterocycles. The fraction of sp³-hybridized carbons (Fsp3) is 0.542. The van der Waals surface area contributed by atoms with Gasteiger partial charge in [0.15, 0.2) is 0 Å². The molecule has 1 aliphatic rings. The van der Waals surface area contributed by atoms with Crippen LogP contribution in [0.3, 0.4) is 0 Å². The molecule has 2 aromatic rings. The second-order valence-electron chi connectivity index (χ2n) is 7.78. The van der Waals surface area contributed by atoms with Gasteiger partial charge >= 0.3 is 12.0 Å². The van der Waals surface area contributed by atoms with Crippen LogP contribution < -0.4 is 15.0 Å². The van der Waals surface area contributed by atoms with Crippen molar-refractivity contribution >= 4 is 23.0 Å². The summed E-state index contributed by atoms with van der Waals surface area (Å²) in [5.74, 6) is -0.118. The molecule has 3 rings (SSSR count). The Bertz CT molecular complexity index is 869. The van der Waals surface area contributed by atoms with E-state index in [4.69, 9.17) is 14.2 Å². The summed E-state index contributed by atoms with van der Waals surface area (Å²) in [5.41, 5.74) is 3.90. The molecule has 32 heavy (non-hydrogen) atoms. The maximum absolute atomic E-state index is 11.9. The summed E-state index contributed by atoms with van der Waals surface area (Å²) < 4.78 is 15.9. The maximum atomic E-state index is 11.9.